The Morgan fingerprint density at radius 3 is 2.67 bits per heavy atom. The number of carbonyl (C=O) groups is 2. The number of amides is 2. The first-order valence-electron chi connectivity index (χ1n) is 9.25. The second-order valence-electron chi connectivity index (χ2n) is 6.48. The van der Waals surface area contributed by atoms with Crippen molar-refractivity contribution in [1.82, 2.24) is 20.5 Å². The number of rotatable bonds is 7. The van der Waals surface area contributed by atoms with Crippen LogP contribution < -0.4 is 16.0 Å². The SMILES string of the molecule is O=C(NCCCN1CCNCC1)c1cccc(NC(=O)c2cccnc2)c1. The largest absolute Gasteiger partial charge is 0.352 e. The van der Waals surface area contributed by atoms with E-state index < -0.39 is 0 Å². The summed E-state index contributed by atoms with van der Waals surface area (Å²) in [5.74, 6) is -0.385. The van der Waals surface area contributed by atoms with Gasteiger partial charge in [0.25, 0.3) is 11.8 Å². The van der Waals surface area contributed by atoms with Gasteiger partial charge in [0.2, 0.25) is 0 Å². The van der Waals surface area contributed by atoms with Crippen molar-refractivity contribution in [2.45, 2.75) is 6.42 Å². The molecule has 3 N–H and O–H groups in total. The van der Waals surface area contributed by atoms with E-state index in [1.165, 1.54) is 6.20 Å². The van der Waals surface area contributed by atoms with E-state index in [0.717, 1.165) is 39.1 Å². The van der Waals surface area contributed by atoms with Gasteiger partial charge < -0.3 is 20.9 Å². The fourth-order valence-electron chi connectivity index (χ4n) is 2.98. The molecule has 0 atom stereocenters. The van der Waals surface area contributed by atoms with Crippen LogP contribution in [-0.4, -0.2) is 61.0 Å². The molecule has 1 saturated heterocycles. The summed E-state index contributed by atoms with van der Waals surface area (Å²) in [6.45, 7) is 5.81. The molecule has 1 aliphatic rings. The number of nitrogens with zero attached hydrogens (tertiary/aromatic N) is 2. The molecule has 7 heteroatoms. The van der Waals surface area contributed by atoms with E-state index >= 15 is 0 Å². The minimum absolute atomic E-state index is 0.132. The zero-order valence-corrected chi connectivity index (χ0v) is 15.3. The van der Waals surface area contributed by atoms with Crippen LogP contribution in [0.4, 0.5) is 5.69 Å². The van der Waals surface area contributed by atoms with Crippen LogP contribution in [0.2, 0.25) is 0 Å². The van der Waals surface area contributed by atoms with Gasteiger partial charge in [-0.2, -0.15) is 0 Å². The summed E-state index contributed by atoms with van der Waals surface area (Å²) < 4.78 is 0. The van der Waals surface area contributed by atoms with E-state index in [9.17, 15) is 9.59 Å². The predicted octanol–water partition coefficient (Wildman–Crippen LogP) is 1.36. The molecule has 27 heavy (non-hydrogen) atoms. The van der Waals surface area contributed by atoms with E-state index in [1.807, 2.05) is 0 Å². The standard InChI is InChI=1S/C20H25N5O2/c26-19(23-8-3-11-25-12-9-21-10-13-25)16-4-1-6-18(14-16)24-20(27)17-5-2-7-22-15-17/h1-2,4-7,14-15,21H,3,8-13H2,(H,23,26)(H,24,27). The van der Waals surface area contributed by atoms with Crippen molar-refractivity contribution in [2.75, 3.05) is 44.6 Å². The number of hydrogen-bond donors (Lipinski definition) is 3. The van der Waals surface area contributed by atoms with Gasteiger partial charge in [-0.1, -0.05) is 6.07 Å². The average molecular weight is 367 g/mol. The molecule has 2 heterocycles. The molecule has 1 fully saturated rings. The Morgan fingerprint density at radius 1 is 1.07 bits per heavy atom. The molecule has 7 nitrogen and oxygen atoms in total. The monoisotopic (exact) mass is 367 g/mol. The van der Waals surface area contributed by atoms with E-state index in [1.54, 1.807) is 42.6 Å². The van der Waals surface area contributed by atoms with Gasteiger partial charge in [-0.25, -0.2) is 0 Å². The van der Waals surface area contributed by atoms with Crippen LogP contribution in [0.15, 0.2) is 48.8 Å². The fourth-order valence-corrected chi connectivity index (χ4v) is 2.98. The second-order valence-corrected chi connectivity index (χ2v) is 6.48. The topological polar surface area (TPSA) is 86.4 Å². The lowest BCUT2D eigenvalue weighted by Crippen LogP contribution is -2.44. The van der Waals surface area contributed by atoms with E-state index in [0.29, 0.717) is 23.4 Å². The summed E-state index contributed by atoms with van der Waals surface area (Å²) in [4.78, 5) is 30.9. The number of carbonyl (C=O) groups excluding carboxylic acids is 2. The molecular formula is C20H25N5O2. The number of piperazine rings is 1. The third-order valence-corrected chi connectivity index (χ3v) is 4.45. The van der Waals surface area contributed by atoms with Crippen LogP contribution >= 0.6 is 0 Å². The maximum Gasteiger partial charge on any atom is 0.257 e. The van der Waals surface area contributed by atoms with Crippen molar-refractivity contribution in [3.8, 4) is 0 Å². The van der Waals surface area contributed by atoms with Gasteiger partial charge in [0, 0.05) is 56.4 Å². The molecule has 0 unspecified atom stereocenters. The first-order valence-corrected chi connectivity index (χ1v) is 9.25. The molecule has 0 aliphatic carbocycles. The Morgan fingerprint density at radius 2 is 1.89 bits per heavy atom. The smallest absolute Gasteiger partial charge is 0.257 e. The number of aromatic nitrogens is 1. The average Bonchev–Trinajstić information content (AvgIpc) is 2.72. The van der Waals surface area contributed by atoms with Gasteiger partial charge in [-0.05, 0) is 43.3 Å². The summed E-state index contributed by atoms with van der Waals surface area (Å²) in [6.07, 6.45) is 4.04. The molecule has 142 valence electrons. The van der Waals surface area contributed by atoms with Crippen LogP contribution in [0, 0.1) is 0 Å². The second kappa shape index (κ2) is 9.80. The Bertz CT molecular complexity index is 760. The van der Waals surface area contributed by atoms with Crippen molar-refractivity contribution in [3.63, 3.8) is 0 Å². The highest BCUT2D eigenvalue weighted by atomic mass is 16.2. The summed E-state index contributed by atoms with van der Waals surface area (Å²) in [5.41, 5.74) is 1.58. The Kier molecular flexibility index (Phi) is 6.90. The molecule has 0 saturated carbocycles. The Labute approximate surface area is 159 Å². The van der Waals surface area contributed by atoms with Gasteiger partial charge in [0.15, 0.2) is 0 Å². The lowest BCUT2D eigenvalue weighted by Gasteiger charge is -2.27. The van der Waals surface area contributed by atoms with Crippen molar-refractivity contribution in [2.24, 2.45) is 0 Å². The summed E-state index contributed by atoms with van der Waals surface area (Å²) >= 11 is 0. The zero-order chi connectivity index (χ0) is 18.9. The predicted molar refractivity (Wildman–Crippen MR) is 105 cm³/mol. The highest BCUT2D eigenvalue weighted by molar-refractivity contribution is 6.04. The molecule has 1 aliphatic heterocycles. The lowest BCUT2D eigenvalue weighted by atomic mass is 10.1. The molecule has 0 spiro atoms. The van der Waals surface area contributed by atoms with E-state index in [4.69, 9.17) is 0 Å². The van der Waals surface area contributed by atoms with E-state index in [-0.39, 0.29) is 11.8 Å². The van der Waals surface area contributed by atoms with Crippen LogP contribution in [0.25, 0.3) is 0 Å². The summed E-state index contributed by atoms with van der Waals surface area (Å²) in [5, 5.41) is 9.07. The van der Waals surface area contributed by atoms with Crippen molar-refractivity contribution in [1.29, 1.82) is 0 Å². The van der Waals surface area contributed by atoms with Crippen LogP contribution in [0.3, 0.4) is 0 Å². The highest BCUT2D eigenvalue weighted by Crippen LogP contribution is 2.12. The van der Waals surface area contributed by atoms with Gasteiger partial charge in [-0.15, -0.1) is 0 Å². The number of pyridine rings is 1. The first-order chi connectivity index (χ1) is 13.2. The normalized spacial score (nSPS) is 14.5. The van der Waals surface area contributed by atoms with Crippen LogP contribution in [0.5, 0.6) is 0 Å². The fraction of sp³-hybridized carbons (Fsp3) is 0.350. The third-order valence-electron chi connectivity index (χ3n) is 4.45. The van der Waals surface area contributed by atoms with E-state index in [2.05, 4.69) is 25.8 Å². The van der Waals surface area contributed by atoms with Gasteiger partial charge in [0.05, 0.1) is 5.56 Å². The minimum atomic E-state index is -0.253. The van der Waals surface area contributed by atoms with Crippen molar-refractivity contribution in [3.05, 3.63) is 59.9 Å². The number of nitrogens with one attached hydrogen (secondary N) is 3. The summed E-state index contributed by atoms with van der Waals surface area (Å²) in [6, 6.07) is 10.3. The van der Waals surface area contributed by atoms with Crippen LogP contribution in [0.1, 0.15) is 27.1 Å². The molecular weight excluding hydrogens is 342 g/mol. The molecule has 1 aromatic carbocycles. The highest BCUT2D eigenvalue weighted by Gasteiger charge is 2.11. The minimum Gasteiger partial charge on any atom is -0.352 e. The van der Waals surface area contributed by atoms with Gasteiger partial charge in [-0.3, -0.25) is 14.6 Å². The maximum atomic E-state index is 12.3. The van der Waals surface area contributed by atoms with Gasteiger partial charge in [0.1, 0.15) is 0 Å². The molecule has 2 aromatic rings. The Hall–Kier alpha value is -2.77. The molecule has 1 aromatic heterocycles. The number of anilines is 1. The maximum absolute atomic E-state index is 12.3. The quantitative estimate of drug-likeness (QED) is 0.644. The zero-order valence-electron chi connectivity index (χ0n) is 15.3. The number of benzene rings is 1. The molecule has 2 amide bonds. The molecule has 3 rings (SSSR count). The van der Waals surface area contributed by atoms with Gasteiger partial charge >= 0.3 is 0 Å². The third kappa shape index (κ3) is 5.87. The number of hydrogen-bond acceptors (Lipinski definition) is 5. The van der Waals surface area contributed by atoms with Crippen molar-refractivity contribution >= 4 is 17.5 Å². The van der Waals surface area contributed by atoms with Crippen molar-refractivity contribution < 1.29 is 9.59 Å². The Balaban J connectivity index is 1.47. The summed E-state index contributed by atoms with van der Waals surface area (Å²) in [7, 11) is 0. The molecule has 0 radical (unpaired) electrons. The molecule has 0 bridgehead atoms. The van der Waals surface area contributed by atoms with Crippen LogP contribution in [-0.2, 0) is 0 Å². The first kappa shape index (κ1) is 19.0. The lowest BCUT2D eigenvalue weighted by molar-refractivity contribution is 0.0950.